The maximum Gasteiger partial charge on any atom is 0.229 e. The molecule has 3 aromatic carbocycles. The van der Waals surface area contributed by atoms with Crippen LogP contribution in [0.1, 0.15) is 12.5 Å². The van der Waals surface area contributed by atoms with Crippen molar-refractivity contribution in [3.05, 3.63) is 84.6 Å². The Morgan fingerprint density at radius 3 is 2.56 bits per heavy atom. The van der Waals surface area contributed by atoms with Gasteiger partial charge >= 0.3 is 0 Å². The number of anilines is 3. The van der Waals surface area contributed by atoms with E-state index in [0.29, 0.717) is 35.5 Å². The van der Waals surface area contributed by atoms with E-state index >= 15 is 0 Å². The average Bonchev–Trinajstić information content (AvgIpc) is 2.90. The van der Waals surface area contributed by atoms with Crippen molar-refractivity contribution in [3.63, 3.8) is 0 Å². The fraction of sp³-hybridized carbons (Fsp3) is 0.185. The highest BCUT2D eigenvalue weighted by Crippen LogP contribution is 2.29. The van der Waals surface area contributed by atoms with Crippen molar-refractivity contribution in [2.45, 2.75) is 18.2 Å². The molecule has 0 spiro atoms. The predicted octanol–water partition coefficient (Wildman–Crippen LogP) is 6.03. The molecule has 0 aliphatic carbocycles. The number of hydrogen-bond donors (Lipinski definition) is 3. The lowest BCUT2D eigenvalue weighted by Crippen LogP contribution is -2.09. The summed E-state index contributed by atoms with van der Waals surface area (Å²) in [5, 5.41) is 6.60. The Kier molecular flexibility index (Phi) is 8.36. The number of nitrogens with one attached hydrogen (secondary N) is 3. The SMILES string of the molecule is CCOc1ccc(-c2cnc(Nc3cccc([S-](=N)=O)c3)nc2NCCc2cccc(OC)c2)cc1. The second-order valence-corrected chi connectivity index (χ2v) is 8.87. The van der Waals surface area contributed by atoms with Crippen molar-refractivity contribution in [1.29, 1.82) is 4.78 Å². The minimum atomic E-state index is -1.82. The molecule has 9 heteroatoms. The summed E-state index contributed by atoms with van der Waals surface area (Å²) in [6, 6.07) is 22.7. The van der Waals surface area contributed by atoms with E-state index in [-0.39, 0.29) is 0 Å². The van der Waals surface area contributed by atoms with Gasteiger partial charge in [0, 0.05) is 24.0 Å². The molecular weight excluding hydrogens is 474 g/mol. The molecule has 0 saturated heterocycles. The minimum Gasteiger partial charge on any atom is -0.497 e. The normalized spacial score (nSPS) is 10.8. The third-order valence-electron chi connectivity index (χ3n) is 5.41. The molecule has 0 unspecified atom stereocenters. The molecule has 8 nitrogen and oxygen atoms in total. The van der Waals surface area contributed by atoms with Crippen LogP contribution in [0.2, 0.25) is 0 Å². The summed E-state index contributed by atoms with van der Waals surface area (Å²) in [6.45, 7) is 3.21. The first kappa shape index (κ1) is 25.0. The highest BCUT2D eigenvalue weighted by atomic mass is 32.2. The van der Waals surface area contributed by atoms with Crippen LogP contribution < -0.4 is 20.1 Å². The van der Waals surface area contributed by atoms with Crippen molar-refractivity contribution in [2.24, 2.45) is 0 Å². The van der Waals surface area contributed by atoms with Crippen LogP contribution in [0, 0.1) is 4.78 Å². The summed E-state index contributed by atoms with van der Waals surface area (Å²) >= 11 is 0. The monoisotopic (exact) mass is 502 g/mol. The first-order chi connectivity index (χ1) is 17.6. The number of rotatable bonds is 11. The van der Waals surface area contributed by atoms with Crippen LogP contribution in [0.15, 0.2) is 83.9 Å². The molecule has 0 radical (unpaired) electrons. The van der Waals surface area contributed by atoms with Crippen LogP contribution in [0.5, 0.6) is 11.5 Å². The summed E-state index contributed by atoms with van der Waals surface area (Å²) in [7, 11) is -0.161. The molecule has 4 rings (SSSR count). The Labute approximate surface area is 212 Å². The van der Waals surface area contributed by atoms with E-state index in [1.807, 2.05) is 55.5 Å². The Morgan fingerprint density at radius 2 is 1.81 bits per heavy atom. The summed E-state index contributed by atoms with van der Waals surface area (Å²) in [5.41, 5.74) is 3.62. The average molecular weight is 503 g/mol. The van der Waals surface area contributed by atoms with Crippen LogP contribution in [-0.4, -0.2) is 30.2 Å². The van der Waals surface area contributed by atoms with Crippen LogP contribution in [0.25, 0.3) is 11.1 Å². The van der Waals surface area contributed by atoms with Gasteiger partial charge in [0.05, 0.1) is 13.7 Å². The topological polar surface area (TPSA) is 109 Å². The Bertz CT molecular complexity index is 1380. The van der Waals surface area contributed by atoms with Crippen LogP contribution in [-0.2, 0) is 21.2 Å². The smallest absolute Gasteiger partial charge is 0.229 e. The van der Waals surface area contributed by atoms with Gasteiger partial charge in [-0.1, -0.05) is 47.4 Å². The third kappa shape index (κ3) is 6.51. The Hall–Kier alpha value is -4.11. The first-order valence-electron chi connectivity index (χ1n) is 11.5. The quantitative estimate of drug-likeness (QED) is 0.215. The lowest BCUT2D eigenvalue weighted by molar-refractivity contribution is 0.340. The number of methoxy groups -OCH3 is 1. The van der Waals surface area contributed by atoms with E-state index in [0.717, 1.165) is 34.6 Å². The van der Waals surface area contributed by atoms with E-state index in [4.69, 9.17) is 19.2 Å². The highest BCUT2D eigenvalue weighted by molar-refractivity contribution is 7.73. The van der Waals surface area contributed by atoms with Gasteiger partial charge in [0.1, 0.15) is 17.3 Å². The lowest BCUT2D eigenvalue weighted by atomic mass is 10.1. The van der Waals surface area contributed by atoms with Crippen molar-refractivity contribution in [2.75, 3.05) is 30.9 Å². The van der Waals surface area contributed by atoms with E-state index in [1.54, 1.807) is 31.5 Å². The van der Waals surface area contributed by atoms with Crippen molar-refractivity contribution in [1.82, 2.24) is 9.97 Å². The van der Waals surface area contributed by atoms with Crippen LogP contribution >= 0.6 is 0 Å². The zero-order valence-electron chi connectivity index (χ0n) is 20.2. The summed E-state index contributed by atoms with van der Waals surface area (Å²) < 4.78 is 29.9. The van der Waals surface area contributed by atoms with Gasteiger partial charge in [-0.05, 0) is 54.8 Å². The number of ether oxygens (including phenoxy) is 2. The number of benzene rings is 3. The van der Waals surface area contributed by atoms with Crippen molar-refractivity contribution in [3.8, 4) is 22.6 Å². The number of nitrogens with zero attached hydrogens (tertiary/aromatic N) is 2. The van der Waals surface area contributed by atoms with Gasteiger partial charge in [-0.25, -0.2) is 4.98 Å². The zero-order valence-corrected chi connectivity index (χ0v) is 21.0. The number of aromatic nitrogens is 2. The van der Waals surface area contributed by atoms with Crippen LogP contribution in [0.3, 0.4) is 0 Å². The molecule has 0 fully saturated rings. The molecule has 3 N–H and O–H groups in total. The van der Waals surface area contributed by atoms with Crippen LogP contribution in [0.4, 0.5) is 17.5 Å². The molecule has 0 amide bonds. The molecule has 186 valence electrons. The largest absolute Gasteiger partial charge is 0.497 e. The van der Waals surface area contributed by atoms with E-state index < -0.39 is 10.6 Å². The second-order valence-electron chi connectivity index (χ2n) is 7.86. The van der Waals surface area contributed by atoms with Crippen molar-refractivity contribution >= 4 is 28.0 Å². The molecule has 36 heavy (non-hydrogen) atoms. The molecular formula is C27H28N5O3S-. The van der Waals surface area contributed by atoms with Gasteiger partial charge in [0.2, 0.25) is 5.95 Å². The molecule has 0 saturated carbocycles. The summed E-state index contributed by atoms with van der Waals surface area (Å²) in [4.78, 5) is 9.64. The first-order valence-corrected chi connectivity index (χ1v) is 12.7. The minimum absolute atomic E-state index is 0.390. The van der Waals surface area contributed by atoms with Gasteiger partial charge in [0.25, 0.3) is 0 Å². The molecule has 0 aliphatic rings. The predicted molar refractivity (Wildman–Crippen MR) is 143 cm³/mol. The third-order valence-corrected chi connectivity index (χ3v) is 6.09. The molecule has 1 heterocycles. The van der Waals surface area contributed by atoms with Gasteiger partial charge < -0.3 is 29.1 Å². The van der Waals surface area contributed by atoms with Gasteiger partial charge in [-0.3, -0.25) is 0 Å². The van der Waals surface area contributed by atoms with Gasteiger partial charge in [-0.15, -0.1) is 0 Å². The molecule has 4 aromatic rings. The van der Waals surface area contributed by atoms with Crippen molar-refractivity contribution < 1.29 is 13.7 Å². The molecule has 0 aliphatic heterocycles. The fourth-order valence-corrected chi connectivity index (χ4v) is 4.09. The fourth-order valence-electron chi connectivity index (χ4n) is 3.66. The number of hydrogen-bond acceptors (Lipinski definition) is 9. The maximum absolute atomic E-state index is 11.5. The van der Waals surface area contributed by atoms with Gasteiger partial charge in [0.15, 0.2) is 0 Å². The van der Waals surface area contributed by atoms with E-state index in [2.05, 4.69) is 21.7 Å². The Morgan fingerprint density at radius 1 is 1.00 bits per heavy atom. The summed E-state index contributed by atoms with van der Waals surface area (Å²) in [6.07, 6.45) is 2.55. The standard InChI is InChI=1S/C27H28N5O3S/c1-3-35-22-12-10-20(11-13-22)25-18-30-27(31-21-7-5-9-24(17-21)36(28)33)32-26(25)29-15-14-19-6-4-8-23(16-19)34-2/h4-13,16-18,28H,3,14-15H2,1-2H3,(H2,29,30,31,32)/q-1. The Balaban J connectivity index is 1.59. The second kappa shape index (κ2) is 12.0. The zero-order chi connectivity index (χ0) is 25.3. The summed E-state index contributed by atoms with van der Waals surface area (Å²) in [5.74, 6) is 2.70. The van der Waals surface area contributed by atoms with Gasteiger partial charge in [-0.2, -0.15) is 15.6 Å². The lowest BCUT2D eigenvalue weighted by Gasteiger charge is -2.14. The van der Waals surface area contributed by atoms with E-state index in [1.165, 1.54) is 0 Å². The molecule has 0 bridgehead atoms. The highest BCUT2D eigenvalue weighted by Gasteiger charge is 2.11. The molecule has 1 aromatic heterocycles. The maximum atomic E-state index is 11.5. The molecule has 0 atom stereocenters. The van der Waals surface area contributed by atoms with E-state index in [9.17, 15) is 4.21 Å².